The molecule has 0 aliphatic rings. The van der Waals surface area contributed by atoms with Crippen molar-refractivity contribution < 1.29 is 13.6 Å². The number of thioether (sulfide) groups is 1. The summed E-state index contributed by atoms with van der Waals surface area (Å²) >= 11 is 1.56. The molecule has 102 valence electrons. The Balaban J connectivity index is 2.30. The number of hydrogen-bond donors (Lipinski definition) is 2. The molecular weight excluding hydrogens is 270 g/mol. The Morgan fingerprint density at radius 3 is 2.68 bits per heavy atom. The van der Waals surface area contributed by atoms with Crippen molar-refractivity contribution in [1.29, 1.82) is 0 Å². The van der Waals surface area contributed by atoms with Crippen molar-refractivity contribution in [2.24, 2.45) is 0 Å². The van der Waals surface area contributed by atoms with Crippen molar-refractivity contribution >= 4 is 23.4 Å². The van der Waals surface area contributed by atoms with Gasteiger partial charge in [0.1, 0.15) is 17.3 Å². The van der Waals surface area contributed by atoms with Gasteiger partial charge < -0.3 is 10.6 Å². The molecule has 0 saturated carbocycles. The predicted molar refractivity (Wildman–Crippen MR) is 74.0 cm³/mol. The van der Waals surface area contributed by atoms with Gasteiger partial charge in [0.2, 0.25) is 5.91 Å². The molecule has 0 heterocycles. The summed E-state index contributed by atoms with van der Waals surface area (Å²) in [6, 6.07) is 3.41. The first-order valence-corrected chi connectivity index (χ1v) is 6.76. The van der Waals surface area contributed by atoms with E-state index in [0.717, 1.165) is 17.9 Å². The molecule has 1 rings (SSSR count). The van der Waals surface area contributed by atoms with Gasteiger partial charge in [-0.15, -0.1) is 18.2 Å². The Hall–Kier alpha value is -1.58. The summed E-state index contributed by atoms with van der Waals surface area (Å²) in [6.07, 6.45) is 5.08. The van der Waals surface area contributed by atoms with Gasteiger partial charge in [-0.3, -0.25) is 4.79 Å². The second-order valence-corrected chi connectivity index (χ2v) is 4.68. The minimum absolute atomic E-state index is 0.00954. The van der Waals surface area contributed by atoms with Gasteiger partial charge >= 0.3 is 0 Å². The third kappa shape index (κ3) is 5.73. The second kappa shape index (κ2) is 8.51. The van der Waals surface area contributed by atoms with E-state index in [1.165, 1.54) is 6.07 Å². The largest absolute Gasteiger partial charge is 0.320 e. The lowest BCUT2D eigenvalue weighted by molar-refractivity contribution is -0.115. The highest BCUT2D eigenvalue weighted by Crippen LogP contribution is 2.17. The minimum Gasteiger partial charge on any atom is -0.320 e. The predicted octanol–water partition coefficient (Wildman–Crippen LogP) is 1.86. The lowest BCUT2D eigenvalue weighted by Gasteiger charge is -2.08. The number of carbonyl (C=O) groups is 1. The maximum Gasteiger partial charge on any atom is 0.238 e. The van der Waals surface area contributed by atoms with Crippen molar-refractivity contribution in [2.75, 3.05) is 29.9 Å². The zero-order chi connectivity index (χ0) is 14.1. The molecule has 2 N–H and O–H groups in total. The topological polar surface area (TPSA) is 41.1 Å². The Labute approximate surface area is 115 Å². The molecule has 0 aliphatic heterocycles. The number of rotatable bonds is 7. The van der Waals surface area contributed by atoms with Crippen molar-refractivity contribution in [3.63, 3.8) is 0 Å². The highest BCUT2D eigenvalue weighted by atomic mass is 32.2. The fourth-order valence-electron chi connectivity index (χ4n) is 1.28. The van der Waals surface area contributed by atoms with Gasteiger partial charge in [0.05, 0.1) is 12.3 Å². The van der Waals surface area contributed by atoms with Crippen LogP contribution in [0.3, 0.4) is 0 Å². The van der Waals surface area contributed by atoms with Crippen molar-refractivity contribution in [1.82, 2.24) is 5.32 Å². The molecule has 0 unspecified atom stereocenters. The number of para-hydroxylation sites is 1. The fraction of sp³-hybridized carbons (Fsp3) is 0.308. The van der Waals surface area contributed by atoms with E-state index in [4.69, 9.17) is 6.42 Å². The molecule has 0 aliphatic carbocycles. The molecule has 19 heavy (non-hydrogen) atoms. The maximum absolute atomic E-state index is 13.2. The third-order valence-electron chi connectivity index (χ3n) is 2.12. The fourth-order valence-corrected chi connectivity index (χ4v) is 1.83. The van der Waals surface area contributed by atoms with Gasteiger partial charge in [0.15, 0.2) is 0 Å². The summed E-state index contributed by atoms with van der Waals surface area (Å²) in [5.74, 6) is 1.79. The number of hydrogen-bond acceptors (Lipinski definition) is 3. The van der Waals surface area contributed by atoms with Crippen LogP contribution < -0.4 is 10.6 Å². The van der Waals surface area contributed by atoms with E-state index in [9.17, 15) is 13.6 Å². The number of anilines is 1. The molecule has 1 aromatic carbocycles. The summed E-state index contributed by atoms with van der Waals surface area (Å²) in [5, 5.41) is 5.05. The van der Waals surface area contributed by atoms with E-state index in [-0.39, 0.29) is 6.54 Å². The van der Waals surface area contributed by atoms with Crippen molar-refractivity contribution in [2.45, 2.75) is 0 Å². The molecule has 0 radical (unpaired) electrons. The van der Waals surface area contributed by atoms with E-state index in [1.54, 1.807) is 11.8 Å². The third-order valence-corrected chi connectivity index (χ3v) is 2.98. The molecule has 3 nitrogen and oxygen atoms in total. The van der Waals surface area contributed by atoms with Crippen LogP contribution in [0.25, 0.3) is 0 Å². The van der Waals surface area contributed by atoms with Crippen LogP contribution in [0, 0.1) is 24.0 Å². The van der Waals surface area contributed by atoms with Crippen LogP contribution in [0.1, 0.15) is 0 Å². The highest BCUT2D eigenvalue weighted by Gasteiger charge is 2.11. The number of halogens is 2. The number of benzene rings is 1. The van der Waals surface area contributed by atoms with Gasteiger partial charge in [-0.05, 0) is 12.1 Å². The monoisotopic (exact) mass is 284 g/mol. The summed E-state index contributed by atoms with van der Waals surface area (Å²) < 4.78 is 26.5. The van der Waals surface area contributed by atoms with E-state index < -0.39 is 23.2 Å². The van der Waals surface area contributed by atoms with Crippen LogP contribution in [0.4, 0.5) is 14.5 Å². The molecule has 0 aromatic heterocycles. The Bertz CT molecular complexity index is 454. The number of nitrogens with one attached hydrogen (secondary N) is 2. The Morgan fingerprint density at radius 1 is 1.37 bits per heavy atom. The quantitative estimate of drug-likeness (QED) is 0.593. The van der Waals surface area contributed by atoms with Crippen LogP contribution in [0.2, 0.25) is 0 Å². The average molecular weight is 284 g/mol. The summed E-state index contributed by atoms with van der Waals surface area (Å²) in [7, 11) is 0. The first-order chi connectivity index (χ1) is 9.15. The molecule has 1 aromatic rings. The SMILES string of the molecule is C#CCSCCNCC(=O)Nc1c(F)cccc1F. The number of terminal acetylenes is 1. The standard InChI is InChI=1S/C13H14F2N2OS/c1-2-7-19-8-6-16-9-12(18)17-13-10(14)4-3-5-11(13)15/h1,3-5,16H,6-9H2,(H,17,18). The Kier molecular flexibility index (Phi) is 6.93. The van der Waals surface area contributed by atoms with Gasteiger partial charge in [0.25, 0.3) is 0 Å². The molecule has 0 atom stereocenters. The van der Waals surface area contributed by atoms with E-state index in [0.29, 0.717) is 12.3 Å². The maximum atomic E-state index is 13.2. The van der Waals surface area contributed by atoms with Crippen LogP contribution in [0.15, 0.2) is 18.2 Å². The van der Waals surface area contributed by atoms with Crippen molar-refractivity contribution in [3.8, 4) is 12.3 Å². The molecule has 6 heteroatoms. The van der Waals surface area contributed by atoms with Gasteiger partial charge in [-0.1, -0.05) is 12.0 Å². The molecule has 0 bridgehead atoms. The zero-order valence-corrected chi connectivity index (χ0v) is 11.0. The smallest absolute Gasteiger partial charge is 0.238 e. The molecule has 0 fully saturated rings. The van der Waals surface area contributed by atoms with Gasteiger partial charge in [-0.25, -0.2) is 8.78 Å². The summed E-state index contributed by atoms with van der Waals surface area (Å²) in [4.78, 5) is 11.5. The normalized spacial score (nSPS) is 9.95. The molecule has 0 spiro atoms. The first-order valence-electron chi connectivity index (χ1n) is 5.61. The average Bonchev–Trinajstić information content (AvgIpc) is 2.38. The lowest BCUT2D eigenvalue weighted by atomic mass is 10.3. The van der Waals surface area contributed by atoms with E-state index in [1.807, 2.05) is 0 Å². The summed E-state index contributed by atoms with van der Waals surface area (Å²) in [5.41, 5.74) is -0.420. The van der Waals surface area contributed by atoms with E-state index in [2.05, 4.69) is 16.6 Å². The van der Waals surface area contributed by atoms with Crippen LogP contribution in [0.5, 0.6) is 0 Å². The zero-order valence-electron chi connectivity index (χ0n) is 10.2. The highest BCUT2D eigenvalue weighted by molar-refractivity contribution is 7.99. The minimum atomic E-state index is -0.794. The number of amides is 1. The van der Waals surface area contributed by atoms with Gasteiger partial charge in [-0.2, -0.15) is 0 Å². The van der Waals surface area contributed by atoms with Crippen LogP contribution in [-0.4, -0.2) is 30.5 Å². The van der Waals surface area contributed by atoms with Crippen LogP contribution >= 0.6 is 11.8 Å². The van der Waals surface area contributed by atoms with Gasteiger partial charge in [0, 0.05) is 12.3 Å². The second-order valence-electron chi connectivity index (χ2n) is 3.58. The molecule has 0 saturated heterocycles. The van der Waals surface area contributed by atoms with Crippen LogP contribution in [-0.2, 0) is 4.79 Å². The lowest BCUT2D eigenvalue weighted by Crippen LogP contribution is -2.30. The summed E-state index contributed by atoms with van der Waals surface area (Å²) in [6.45, 7) is 0.587. The Morgan fingerprint density at radius 2 is 2.05 bits per heavy atom. The van der Waals surface area contributed by atoms with Crippen molar-refractivity contribution in [3.05, 3.63) is 29.8 Å². The molecule has 1 amide bonds. The molecular formula is C13H14F2N2OS. The first kappa shape index (κ1) is 15.5. The van der Waals surface area contributed by atoms with E-state index >= 15 is 0 Å². The number of carbonyl (C=O) groups excluding carboxylic acids is 1.